The van der Waals surface area contributed by atoms with Crippen molar-refractivity contribution in [2.24, 2.45) is 0 Å². The molecule has 0 radical (unpaired) electrons. The van der Waals surface area contributed by atoms with Gasteiger partial charge in [-0.05, 0) is 47.2 Å². The van der Waals surface area contributed by atoms with E-state index in [2.05, 4.69) is 5.32 Å². The van der Waals surface area contributed by atoms with Crippen LogP contribution in [0.4, 0.5) is 0 Å². The Morgan fingerprint density at radius 3 is 2.42 bits per heavy atom. The maximum atomic E-state index is 12.9. The number of hydrogen-bond acceptors (Lipinski definition) is 3. The number of fused-ring (bicyclic) bond motifs is 2. The number of benzene rings is 2. The third-order valence-electron chi connectivity index (χ3n) is 4.97. The zero-order valence-corrected chi connectivity index (χ0v) is 15.6. The summed E-state index contributed by atoms with van der Waals surface area (Å²) in [4.78, 5) is 25.5. The molecule has 26 heavy (non-hydrogen) atoms. The van der Waals surface area contributed by atoms with Gasteiger partial charge >= 0.3 is 5.97 Å². The van der Waals surface area contributed by atoms with Crippen LogP contribution in [-0.4, -0.2) is 22.5 Å². The molecule has 3 aromatic rings. The summed E-state index contributed by atoms with van der Waals surface area (Å²) in [6, 6.07) is 13.1. The van der Waals surface area contributed by atoms with Crippen molar-refractivity contribution in [3.05, 3.63) is 69.1 Å². The Labute approximate surface area is 159 Å². The van der Waals surface area contributed by atoms with Crippen LogP contribution in [0.25, 0.3) is 10.1 Å². The Kier molecular flexibility index (Phi) is 4.01. The number of rotatable bonds is 3. The molecule has 0 bridgehead atoms. The predicted octanol–water partition coefficient (Wildman–Crippen LogP) is 4.22. The molecule has 1 heterocycles. The Morgan fingerprint density at radius 2 is 1.81 bits per heavy atom. The Morgan fingerprint density at radius 1 is 1.15 bits per heavy atom. The largest absolute Gasteiger partial charge is 0.479 e. The van der Waals surface area contributed by atoms with Crippen LogP contribution in [0.3, 0.4) is 0 Å². The molecule has 0 fully saturated rings. The van der Waals surface area contributed by atoms with Gasteiger partial charge in [0.05, 0.1) is 4.88 Å². The van der Waals surface area contributed by atoms with Gasteiger partial charge in [0.2, 0.25) is 0 Å². The summed E-state index contributed by atoms with van der Waals surface area (Å²) in [5.74, 6) is -1.36. The van der Waals surface area contributed by atoms with Crippen LogP contribution < -0.4 is 5.32 Å². The van der Waals surface area contributed by atoms with Crippen LogP contribution in [0.5, 0.6) is 0 Å². The van der Waals surface area contributed by atoms with E-state index in [4.69, 9.17) is 11.6 Å². The summed E-state index contributed by atoms with van der Waals surface area (Å²) < 4.78 is 0.955. The van der Waals surface area contributed by atoms with Gasteiger partial charge in [0.15, 0.2) is 0 Å². The second-order valence-electron chi connectivity index (χ2n) is 6.66. The number of carboxylic acid groups (broad SMARTS) is 1. The fourth-order valence-electron chi connectivity index (χ4n) is 3.59. The van der Waals surface area contributed by atoms with Gasteiger partial charge in [-0.15, -0.1) is 11.3 Å². The van der Waals surface area contributed by atoms with Crippen molar-refractivity contribution < 1.29 is 14.7 Å². The second kappa shape index (κ2) is 6.11. The monoisotopic (exact) mass is 385 g/mol. The highest BCUT2D eigenvalue weighted by Crippen LogP contribution is 2.35. The van der Waals surface area contributed by atoms with Crippen LogP contribution in [0.15, 0.2) is 42.5 Å². The van der Waals surface area contributed by atoms with E-state index in [9.17, 15) is 14.7 Å². The van der Waals surface area contributed by atoms with Crippen molar-refractivity contribution in [1.29, 1.82) is 0 Å². The van der Waals surface area contributed by atoms with E-state index in [0.29, 0.717) is 22.7 Å². The Hall–Kier alpha value is -2.37. The molecule has 0 unspecified atom stereocenters. The van der Waals surface area contributed by atoms with Crippen molar-refractivity contribution in [2.75, 3.05) is 0 Å². The normalized spacial score (nSPS) is 15.0. The highest BCUT2D eigenvalue weighted by atomic mass is 35.5. The summed E-state index contributed by atoms with van der Waals surface area (Å²) >= 11 is 7.41. The molecule has 1 aromatic heterocycles. The van der Waals surface area contributed by atoms with Gasteiger partial charge in [-0.25, -0.2) is 4.79 Å². The molecule has 1 aliphatic carbocycles. The topological polar surface area (TPSA) is 66.4 Å². The molecule has 6 heteroatoms. The van der Waals surface area contributed by atoms with E-state index in [1.165, 1.54) is 11.3 Å². The standard InChI is InChI=1S/C20H16ClNO3S/c1-11-15-8-14(21)6-7-16(15)26-17(11)18(23)22-20(19(24)25)9-12-4-2-3-5-13(12)10-20/h2-8H,9-10H2,1H3,(H,22,23)(H,24,25). The molecule has 0 aliphatic heterocycles. The average molecular weight is 386 g/mol. The van der Waals surface area contributed by atoms with Crippen LogP contribution in [0, 0.1) is 6.92 Å². The minimum atomic E-state index is -1.30. The first-order chi connectivity index (χ1) is 12.4. The lowest BCUT2D eigenvalue weighted by molar-refractivity contribution is -0.144. The molecule has 1 amide bonds. The first-order valence-electron chi connectivity index (χ1n) is 8.21. The van der Waals surface area contributed by atoms with E-state index in [-0.39, 0.29) is 5.91 Å². The van der Waals surface area contributed by atoms with Gasteiger partial charge in [-0.1, -0.05) is 35.9 Å². The van der Waals surface area contributed by atoms with Gasteiger partial charge < -0.3 is 10.4 Å². The maximum Gasteiger partial charge on any atom is 0.330 e. The smallest absolute Gasteiger partial charge is 0.330 e. The molecule has 0 atom stereocenters. The molecule has 2 aromatic carbocycles. The first-order valence-corrected chi connectivity index (χ1v) is 9.40. The SMILES string of the molecule is Cc1c(C(=O)NC2(C(=O)O)Cc3ccccc3C2)sc2ccc(Cl)cc12. The molecular formula is C20H16ClNO3S. The minimum absolute atomic E-state index is 0.292. The highest BCUT2D eigenvalue weighted by Gasteiger charge is 2.45. The van der Waals surface area contributed by atoms with Crippen molar-refractivity contribution >= 4 is 44.9 Å². The molecular weight excluding hydrogens is 370 g/mol. The van der Waals surface area contributed by atoms with E-state index in [0.717, 1.165) is 26.8 Å². The molecule has 0 saturated heterocycles. The molecule has 4 rings (SSSR count). The van der Waals surface area contributed by atoms with Crippen LogP contribution in [-0.2, 0) is 17.6 Å². The third kappa shape index (κ3) is 2.68. The number of carbonyl (C=O) groups is 2. The van der Waals surface area contributed by atoms with Crippen LogP contribution in [0.1, 0.15) is 26.4 Å². The van der Waals surface area contributed by atoms with Crippen LogP contribution in [0.2, 0.25) is 5.02 Å². The molecule has 1 aliphatic rings. The third-order valence-corrected chi connectivity index (χ3v) is 6.48. The van der Waals surface area contributed by atoms with Crippen molar-refractivity contribution in [2.45, 2.75) is 25.3 Å². The second-order valence-corrected chi connectivity index (χ2v) is 8.15. The van der Waals surface area contributed by atoms with Gasteiger partial charge in [0, 0.05) is 22.6 Å². The van der Waals surface area contributed by atoms with Crippen molar-refractivity contribution in [3.8, 4) is 0 Å². The van der Waals surface area contributed by atoms with E-state index >= 15 is 0 Å². The number of halogens is 1. The van der Waals surface area contributed by atoms with Gasteiger partial charge in [-0.3, -0.25) is 4.79 Å². The molecule has 4 nitrogen and oxygen atoms in total. The number of nitrogens with one attached hydrogen (secondary N) is 1. The fourth-order valence-corrected chi connectivity index (χ4v) is 4.85. The van der Waals surface area contributed by atoms with Crippen LogP contribution >= 0.6 is 22.9 Å². The molecule has 0 saturated carbocycles. The number of aryl methyl sites for hydroxylation is 1. The van der Waals surface area contributed by atoms with E-state index in [1.54, 1.807) is 6.07 Å². The number of thiophene rings is 1. The molecule has 2 N–H and O–H groups in total. The van der Waals surface area contributed by atoms with Gasteiger partial charge in [0.25, 0.3) is 5.91 Å². The zero-order chi connectivity index (χ0) is 18.5. The summed E-state index contributed by atoms with van der Waals surface area (Å²) in [5.41, 5.74) is 1.45. The number of carbonyl (C=O) groups excluding carboxylic acids is 1. The molecule has 0 spiro atoms. The van der Waals surface area contributed by atoms with E-state index in [1.807, 2.05) is 43.3 Å². The van der Waals surface area contributed by atoms with Crippen molar-refractivity contribution in [1.82, 2.24) is 5.32 Å². The summed E-state index contributed by atoms with van der Waals surface area (Å²) in [5, 5.41) is 14.2. The number of hydrogen-bond donors (Lipinski definition) is 2. The first kappa shape index (κ1) is 17.1. The Bertz CT molecular complexity index is 1030. The Balaban J connectivity index is 1.69. The average Bonchev–Trinajstić information content (AvgIpc) is 3.14. The zero-order valence-electron chi connectivity index (χ0n) is 14.0. The summed E-state index contributed by atoms with van der Waals surface area (Å²) in [7, 11) is 0. The van der Waals surface area contributed by atoms with E-state index < -0.39 is 11.5 Å². The summed E-state index contributed by atoms with van der Waals surface area (Å²) in [6.45, 7) is 1.86. The lowest BCUT2D eigenvalue weighted by Gasteiger charge is -2.25. The number of aliphatic carboxylic acids is 1. The molecule has 132 valence electrons. The fraction of sp³-hybridized carbons (Fsp3) is 0.200. The highest BCUT2D eigenvalue weighted by molar-refractivity contribution is 7.21. The quantitative estimate of drug-likeness (QED) is 0.709. The summed E-state index contributed by atoms with van der Waals surface area (Å²) in [6.07, 6.45) is 0.583. The number of amides is 1. The lowest BCUT2D eigenvalue weighted by atomic mass is 9.95. The minimum Gasteiger partial charge on any atom is -0.479 e. The van der Waals surface area contributed by atoms with Gasteiger partial charge in [-0.2, -0.15) is 0 Å². The van der Waals surface area contributed by atoms with Crippen molar-refractivity contribution in [3.63, 3.8) is 0 Å². The number of carboxylic acids is 1. The maximum absolute atomic E-state index is 12.9. The van der Waals surface area contributed by atoms with Gasteiger partial charge in [0.1, 0.15) is 5.54 Å². The lowest BCUT2D eigenvalue weighted by Crippen LogP contribution is -2.55. The predicted molar refractivity (Wildman–Crippen MR) is 103 cm³/mol.